The number of benzene rings is 1. The summed E-state index contributed by atoms with van der Waals surface area (Å²) < 4.78 is 0.812. The van der Waals surface area contributed by atoms with Gasteiger partial charge in [-0.15, -0.1) is 11.3 Å². The Balaban J connectivity index is 1.32. The smallest absolute Gasteiger partial charge is 0.254 e. The Labute approximate surface area is 167 Å². The minimum Gasteiger partial charge on any atom is -0.336 e. The summed E-state index contributed by atoms with van der Waals surface area (Å²) in [6.07, 6.45) is 1.93. The summed E-state index contributed by atoms with van der Waals surface area (Å²) in [7, 11) is 0. The first-order chi connectivity index (χ1) is 13.1. The maximum absolute atomic E-state index is 12.8. The number of anilines is 1. The Kier molecular flexibility index (Phi) is 5.48. The summed E-state index contributed by atoms with van der Waals surface area (Å²) in [4.78, 5) is 30.2. The molecule has 1 aliphatic heterocycles. The van der Waals surface area contributed by atoms with Crippen LogP contribution in [0.4, 0.5) is 5.69 Å². The summed E-state index contributed by atoms with van der Waals surface area (Å²) >= 11 is 7.60. The van der Waals surface area contributed by atoms with Crippen molar-refractivity contribution in [3.05, 3.63) is 51.2 Å². The molecule has 7 heteroatoms. The van der Waals surface area contributed by atoms with Crippen LogP contribution in [0, 0.1) is 5.92 Å². The van der Waals surface area contributed by atoms with E-state index in [1.54, 1.807) is 17.4 Å². The molecule has 1 aromatic heterocycles. The lowest BCUT2D eigenvalue weighted by Crippen LogP contribution is -2.48. The third kappa shape index (κ3) is 4.69. The second kappa shape index (κ2) is 8.00. The number of hydrogen-bond acceptors (Lipinski definition) is 4. The van der Waals surface area contributed by atoms with Gasteiger partial charge in [0, 0.05) is 54.8 Å². The van der Waals surface area contributed by atoms with Crippen LogP contribution in [0.25, 0.3) is 0 Å². The van der Waals surface area contributed by atoms with Crippen molar-refractivity contribution in [2.45, 2.75) is 19.4 Å². The number of carbonyl (C=O) groups excluding carboxylic acids is 2. The highest BCUT2D eigenvalue weighted by atomic mass is 35.5. The van der Waals surface area contributed by atoms with Crippen LogP contribution in [0.2, 0.25) is 4.34 Å². The minimum atomic E-state index is 0.0244. The van der Waals surface area contributed by atoms with Crippen LogP contribution < -0.4 is 5.32 Å². The molecule has 0 radical (unpaired) electrons. The number of carbonyl (C=O) groups is 2. The Morgan fingerprint density at radius 1 is 1.11 bits per heavy atom. The molecule has 142 valence electrons. The SMILES string of the molecule is O=C(Nc1cccc(C(=O)N2CCN(Cc3ccc(Cl)s3)CC2)c1)C1CC1. The van der Waals surface area contributed by atoms with Crippen LogP contribution in [0.3, 0.4) is 0 Å². The van der Waals surface area contributed by atoms with E-state index in [9.17, 15) is 9.59 Å². The zero-order chi connectivity index (χ0) is 18.8. The molecule has 1 aromatic carbocycles. The molecule has 1 N–H and O–H groups in total. The number of piperazine rings is 1. The normalized spacial score (nSPS) is 17.7. The van der Waals surface area contributed by atoms with Gasteiger partial charge in [0.2, 0.25) is 5.91 Å². The summed E-state index contributed by atoms with van der Waals surface area (Å²) in [6, 6.07) is 11.2. The third-order valence-corrected chi connectivity index (χ3v) is 6.21. The van der Waals surface area contributed by atoms with Crippen molar-refractivity contribution in [1.82, 2.24) is 9.80 Å². The molecule has 2 aliphatic rings. The molecule has 2 fully saturated rings. The molecule has 0 unspecified atom stereocenters. The van der Waals surface area contributed by atoms with Crippen molar-refractivity contribution in [1.29, 1.82) is 0 Å². The lowest BCUT2D eigenvalue weighted by atomic mass is 10.1. The Hall–Kier alpha value is -1.89. The number of hydrogen-bond donors (Lipinski definition) is 1. The molecule has 2 heterocycles. The monoisotopic (exact) mass is 403 g/mol. The van der Waals surface area contributed by atoms with E-state index < -0.39 is 0 Å². The Bertz CT molecular complexity index is 841. The lowest BCUT2D eigenvalue weighted by molar-refractivity contribution is -0.117. The molecule has 4 rings (SSSR count). The topological polar surface area (TPSA) is 52.7 Å². The summed E-state index contributed by atoms with van der Waals surface area (Å²) in [5.41, 5.74) is 1.33. The van der Waals surface area contributed by atoms with Crippen LogP contribution in [0.15, 0.2) is 36.4 Å². The largest absolute Gasteiger partial charge is 0.336 e. The molecular weight excluding hydrogens is 382 g/mol. The molecule has 27 heavy (non-hydrogen) atoms. The quantitative estimate of drug-likeness (QED) is 0.828. The Morgan fingerprint density at radius 3 is 2.56 bits per heavy atom. The van der Waals surface area contributed by atoms with E-state index in [0.717, 1.165) is 36.8 Å². The summed E-state index contributed by atoms with van der Waals surface area (Å²) in [5.74, 6) is 0.230. The fourth-order valence-corrected chi connectivity index (χ4v) is 4.40. The number of thiophene rings is 1. The second-order valence-corrected chi connectivity index (χ2v) is 8.92. The first-order valence-corrected chi connectivity index (χ1v) is 10.4. The van der Waals surface area contributed by atoms with Crippen molar-refractivity contribution in [2.75, 3.05) is 31.5 Å². The van der Waals surface area contributed by atoms with Gasteiger partial charge in [0.25, 0.3) is 5.91 Å². The van der Waals surface area contributed by atoms with Crippen molar-refractivity contribution < 1.29 is 9.59 Å². The number of amides is 2. The maximum Gasteiger partial charge on any atom is 0.254 e. The highest BCUT2D eigenvalue weighted by Gasteiger charge is 2.29. The van der Waals surface area contributed by atoms with E-state index in [-0.39, 0.29) is 17.7 Å². The second-order valence-electron chi connectivity index (χ2n) is 7.12. The van der Waals surface area contributed by atoms with Crippen molar-refractivity contribution in [3.8, 4) is 0 Å². The average molecular weight is 404 g/mol. The number of nitrogens with zero attached hydrogens (tertiary/aromatic N) is 2. The maximum atomic E-state index is 12.8. The van der Waals surface area contributed by atoms with Gasteiger partial charge in [0.05, 0.1) is 4.34 Å². The number of rotatable bonds is 5. The highest BCUT2D eigenvalue weighted by molar-refractivity contribution is 7.16. The fourth-order valence-electron chi connectivity index (χ4n) is 3.27. The average Bonchev–Trinajstić information content (AvgIpc) is 3.45. The van der Waals surface area contributed by atoms with Crippen LogP contribution >= 0.6 is 22.9 Å². The summed E-state index contributed by atoms with van der Waals surface area (Å²) in [5, 5.41) is 2.91. The van der Waals surface area contributed by atoms with Gasteiger partial charge in [0.15, 0.2) is 0 Å². The Morgan fingerprint density at radius 2 is 1.89 bits per heavy atom. The van der Waals surface area contributed by atoms with E-state index >= 15 is 0 Å². The molecule has 5 nitrogen and oxygen atoms in total. The number of nitrogens with one attached hydrogen (secondary N) is 1. The summed E-state index contributed by atoms with van der Waals surface area (Å²) in [6.45, 7) is 3.98. The zero-order valence-corrected chi connectivity index (χ0v) is 16.6. The van der Waals surface area contributed by atoms with Crippen molar-refractivity contribution in [3.63, 3.8) is 0 Å². The minimum absolute atomic E-state index is 0.0244. The van der Waals surface area contributed by atoms with E-state index in [0.29, 0.717) is 24.3 Å². The molecule has 2 amide bonds. The van der Waals surface area contributed by atoms with Crippen LogP contribution in [-0.2, 0) is 11.3 Å². The molecule has 1 aliphatic carbocycles. The molecule has 0 spiro atoms. The zero-order valence-electron chi connectivity index (χ0n) is 15.0. The molecule has 0 atom stereocenters. The molecule has 2 aromatic rings. The van der Waals surface area contributed by atoms with E-state index in [2.05, 4.69) is 16.3 Å². The fraction of sp³-hybridized carbons (Fsp3) is 0.400. The predicted octanol–water partition coefficient (Wildman–Crippen LogP) is 3.71. The van der Waals surface area contributed by atoms with Gasteiger partial charge >= 0.3 is 0 Å². The molecule has 1 saturated carbocycles. The van der Waals surface area contributed by atoms with E-state index in [4.69, 9.17) is 11.6 Å². The van der Waals surface area contributed by atoms with E-state index in [1.165, 1.54) is 4.88 Å². The molecule has 0 bridgehead atoms. The van der Waals surface area contributed by atoms with Gasteiger partial charge in [-0.05, 0) is 43.2 Å². The molecule has 1 saturated heterocycles. The van der Waals surface area contributed by atoms with Crippen LogP contribution in [0.5, 0.6) is 0 Å². The van der Waals surface area contributed by atoms with Crippen LogP contribution in [-0.4, -0.2) is 47.8 Å². The van der Waals surface area contributed by atoms with Crippen molar-refractivity contribution >= 4 is 40.4 Å². The van der Waals surface area contributed by atoms with Crippen LogP contribution in [0.1, 0.15) is 28.1 Å². The van der Waals surface area contributed by atoms with Gasteiger partial charge in [0.1, 0.15) is 0 Å². The standard InChI is InChI=1S/C20H22ClN3O2S/c21-18-7-6-17(27-18)13-23-8-10-24(11-9-23)20(26)15-2-1-3-16(12-15)22-19(25)14-4-5-14/h1-3,6-7,12,14H,4-5,8-11,13H2,(H,22,25). The van der Waals surface area contributed by atoms with Gasteiger partial charge in [-0.2, -0.15) is 0 Å². The molecular formula is C20H22ClN3O2S. The lowest BCUT2D eigenvalue weighted by Gasteiger charge is -2.34. The highest BCUT2D eigenvalue weighted by Crippen LogP contribution is 2.30. The van der Waals surface area contributed by atoms with Gasteiger partial charge < -0.3 is 10.2 Å². The van der Waals surface area contributed by atoms with Gasteiger partial charge in [-0.1, -0.05) is 17.7 Å². The first kappa shape index (κ1) is 18.5. The van der Waals surface area contributed by atoms with Gasteiger partial charge in [-0.25, -0.2) is 0 Å². The predicted molar refractivity (Wildman–Crippen MR) is 108 cm³/mol. The van der Waals surface area contributed by atoms with Crippen molar-refractivity contribution in [2.24, 2.45) is 5.92 Å². The van der Waals surface area contributed by atoms with Gasteiger partial charge in [-0.3, -0.25) is 14.5 Å². The third-order valence-electron chi connectivity index (χ3n) is 4.99. The van der Waals surface area contributed by atoms with E-state index in [1.807, 2.05) is 29.2 Å². The first-order valence-electron chi connectivity index (χ1n) is 9.25. The number of halogens is 1.